The minimum absolute atomic E-state index is 0.420. The molecule has 0 saturated carbocycles. The maximum Gasteiger partial charge on any atom is 0.319 e. The molecule has 114 valence electrons. The number of aromatic nitrogens is 3. The molecule has 0 aliphatic carbocycles. The molecule has 2 aromatic rings. The van der Waals surface area contributed by atoms with Crippen LogP contribution in [0.3, 0.4) is 0 Å². The van der Waals surface area contributed by atoms with Crippen molar-refractivity contribution in [3.8, 4) is 0 Å². The first-order valence-electron chi connectivity index (χ1n) is 6.83. The van der Waals surface area contributed by atoms with Crippen LogP contribution in [-0.4, -0.2) is 45.6 Å². The molecule has 5 nitrogen and oxygen atoms in total. The van der Waals surface area contributed by atoms with Crippen molar-refractivity contribution in [3.63, 3.8) is 0 Å². The molecule has 2 aromatic heterocycles. The number of alkyl halides is 2. The van der Waals surface area contributed by atoms with Gasteiger partial charge in [-0.25, -0.2) is 9.97 Å². The lowest BCUT2D eigenvalue weighted by Crippen LogP contribution is -2.46. The zero-order valence-corrected chi connectivity index (χ0v) is 12.6. The normalized spacial score (nSPS) is 16.9. The third-order valence-corrected chi connectivity index (χ3v) is 4.55. The van der Waals surface area contributed by atoms with Gasteiger partial charge in [0.25, 0.3) is 0 Å². The topological polar surface area (TPSA) is 37.2 Å². The summed E-state index contributed by atoms with van der Waals surface area (Å²) in [6, 6.07) is 0. The molecule has 21 heavy (non-hydrogen) atoms. The maximum atomic E-state index is 12.8. The first kappa shape index (κ1) is 14.4. The molecule has 0 unspecified atom stereocenters. The number of anilines is 1. The molecule has 0 bridgehead atoms. The third kappa shape index (κ3) is 3.21. The van der Waals surface area contributed by atoms with Crippen molar-refractivity contribution in [1.29, 1.82) is 0 Å². The molecule has 1 fully saturated rings. The number of nitrogens with zero attached hydrogens (tertiary/aromatic N) is 5. The predicted molar refractivity (Wildman–Crippen MR) is 77.8 cm³/mol. The van der Waals surface area contributed by atoms with Crippen molar-refractivity contribution in [1.82, 2.24) is 19.4 Å². The third-order valence-electron chi connectivity index (χ3n) is 3.58. The van der Waals surface area contributed by atoms with E-state index in [0.717, 1.165) is 35.9 Å². The van der Waals surface area contributed by atoms with E-state index >= 15 is 0 Å². The molecule has 0 amide bonds. The monoisotopic (exact) mass is 313 g/mol. The van der Waals surface area contributed by atoms with E-state index in [2.05, 4.69) is 19.8 Å². The first-order valence-corrected chi connectivity index (χ1v) is 7.65. The van der Waals surface area contributed by atoms with Crippen LogP contribution in [0.4, 0.5) is 13.9 Å². The fourth-order valence-corrected chi connectivity index (χ4v) is 3.24. The van der Waals surface area contributed by atoms with E-state index in [1.165, 1.54) is 17.3 Å². The quantitative estimate of drug-likeness (QED) is 0.868. The highest BCUT2D eigenvalue weighted by molar-refractivity contribution is 7.15. The Morgan fingerprint density at radius 1 is 1.24 bits per heavy atom. The van der Waals surface area contributed by atoms with Crippen LogP contribution in [0.25, 0.3) is 0 Å². The van der Waals surface area contributed by atoms with Crippen LogP contribution in [0.5, 0.6) is 0 Å². The summed E-state index contributed by atoms with van der Waals surface area (Å²) in [5.74, 6) is 0.420. The van der Waals surface area contributed by atoms with E-state index in [4.69, 9.17) is 0 Å². The summed E-state index contributed by atoms with van der Waals surface area (Å²) >= 11 is 1.69. The summed E-state index contributed by atoms with van der Waals surface area (Å²) < 4.78 is 26.5. The number of thiazole rings is 1. The van der Waals surface area contributed by atoms with E-state index in [1.807, 2.05) is 13.1 Å². The van der Waals surface area contributed by atoms with E-state index in [-0.39, 0.29) is 0 Å². The van der Waals surface area contributed by atoms with E-state index in [0.29, 0.717) is 12.4 Å². The van der Waals surface area contributed by atoms with Crippen molar-refractivity contribution >= 4 is 16.5 Å². The average molecular weight is 313 g/mol. The summed E-state index contributed by atoms with van der Waals surface area (Å²) in [6.45, 7) is 3.36. The van der Waals surface area contributed by atoms with Crippen LogP contribution < -0.4 is 4.90 Å². The number of imidazole rings is 1. The van der Waals surface area contributed by atoms with Crippen molar-refractivity contribution in [3.05, 3.63) is 29.3 Å². The van der Waals surface area contributed by atoms with Crippen molar-refractivity contribution in [2.24, 2.45) is 0 Å². The van der Waals surface area contributed by atoms with Crippen LogP contribution >= 0.6 is 11.3 Å². The summed E-state index contributed by atoms with van der Waals surface area (Å²) in [6.07, 6.45) is 4.64. The molecular formula is C13H17F2N5S. The first-order chi connectivity index (χ1) is 10.1. The lowest BCUT2D eigenvalue weighted by atomic mass is 10.3. The van der Waals surface area contributed by atoms with Gasteiger partial charge >= 0.3 is 6.55 Å². The number of hydrogen-bond donors (Lipinski definition) is 0. The van der Waals surface area contributed by atoms with Crippen molar-refractivity contribution < 1.29 is 8.78 Å². The SMILES string of the molecule is Cc1cnc(N2CCN(Cc3nccn3C(F)F)CC2)s1. The molecule has 0 N–H and O–H groups in total. The van der Waals surface area contributed by atoms with Gasteiger partial charge in [-0.3, -0.25) is 9.47 Å². The largest absolute Gasteiger partial charge is 0.346 e. The molecule has 0 atom stereocenters. The molecular weight excluding hydrogens is 296 g/mol. The van der Waals surface area contributed by atoms with Gasteiger partial charge in [0, 0.05) is 49.6 Å². The molecule has 1 aliphatic rings. The van der Waals surface area contributed by atoms with Crippen LogP contribution in [0.2, 0.25) is 0 Å². The molecule has 1 aliphatic heterocycles. The second-order valence-corrected chi connectivity index (χ2v) is 6.26. The predicted octanol–water partition coefficient (Wildman–Crippen LogP) is 2.37. The number of halogens is 2. The van der Waals surface area contributed by atoms with Crippen LogP contribution in [0, 0.1) is 6.92 Å². The fraction of sp³-hybridized carbons (Fsp3) is 0.538. The van der Waals surface area contributed by atoms with Gasteiger partial charge in [-0.05, 0) is 6.92 Å². The minimum Gasteiger partial charge on any atom is -0.346 e. The Hall–Kier alpha value is -1.54. The number of aryl methyl sites for hydroxylation is 1. The Balaban J connectivity index is 1.57. The zero-order chi connectivity index (χ0) is 14.8. The average Bonchev–Trinajstić information content (AvgIpc) is 3.09. The summed E-state index contributed by atoms with van der Waals surface area (Å²) in [4.78, 5) is 14.0. The Kier molecular flexibility index (Phi) is 4.16. The number of piperazine rings is 1. The van der Waals surface area contributed by atoms with E-state index in [9.17, 15) is 8.78 Å². The van der Waals surface area contributed by atoms with E-state index < -0.39 is 6.55 Å². The second kappa shape index (κ2) is 6.07. The fourth-order valence-electron chi connectivity index (χ4n) is 2.43. The van der Waals surface area contributed by atoms with Crippen molar-refractivity contribution in [2.45, 2.75) is 20.0 Å². The number of rotatable bonds is 4. The highest BCUT2D eigenvalue weighted by atomic mass is 32.1. The Morgan fingerprint density at radius 2 is 2.00 bits per heavy atom. The zero-order valence-electron chi connectivity index (χ0n) is 11.7. The molecule has 0 spiro atoms. The second-order valence-electron chi connectivity index (χ2n) is 5.05. The summed E-state index contributed by atoms with van der Waals surface area (Å²) in [5, 5.41) is 1.04. The van der Waals surface area contributed by atoms with Gasteiger partial charge in [0.2, 0.25) is 0 Å². The molecule has 0 aromatic carbocycles. The molecule has 0 radical (unpaired) electrons. The molecule has 1 saturated heterocycles. The van der Waals surface area contributed by atoms with Gasteiger partial charge < -0.3 is 4.90 Å². The summed E-state index contributed by atoms with van der Waals surface area (Å²) in [5.41, 5.74) is 0. The molecule has 3 rings (SSSR count). The van der Waals surface area contributed by atoms with Gasteiger partial charge in [0.15, 0.2) is 5.13 Å². The Bertz CT molecular complexity index is 589. The maximum absolute atomic E-state index is 12.8. The highest BCUT2D eigenvalue weighted by Crippen LogP contribution is 2.23. The van der Waals surface area contributed by atoms with Gasteiger partial charge in [-0.15, -0.1) is 11.3 Å². The van der Waals surface area contributed by atoms with Crippen LogP contribution in [0.15, 0.2) is 18.6 Å². The number of hydrogen-bond acceptors (Lipinski definition) is 5. The Morgan fingerprint density at radius 3 is 2.62 bits per heavy atom. The standard InChI is InChI=1S/C13H17F2N5S/c1-10-8-17-13(21-10)19-6-4-18(5-7-19)9-11-16-2-3-20(11)12(14)15/h2-3,8,12H,4-7,9H2,1H3. The minimum atomic E-state index is -2.53. The molecule has 3 heterocycles. The van der Waals surface area contributed by atoms with Crippen LogP contribution in [-0.2, 0) is 6.54 Å². The Labute approximate surface area is 125 Å². The van der Waals surface area contributed by atoms with Gasteiger partial charge in [-0.2, -0.15) is 8.78 Å². The van der Waals surface area contributed by atoms with Crippen molar-refractivity contribution in [2.75, 3.05) is 31.1 Å². The highest BCUT2D eigenvalue weighted by Gasteiger charge is 2.21. The summed E-state index contributed by atoms with van der Waals surface area (Å²) in [7, 11) is 0. The van der Waals surface area contributed by atoms with Gasteiger partial charge in [0.1, 0.15) is 5.82 Å². The lowest BCUT2D eigenvalue weighted by Gasteiger charge is -2.34. The van der Waals surface area contributed by atoms with Gasteiger partial charge in [-0.1, -0.05) is 0 Å². The van der Waals surface area contributed by atoms with E-state index in [1.54, 1.807) is 11.3 Å². The van der Waals surface area contributed by atoms with Crippen LogP contribution in [0.1, 0.15) is 17.3 Å². The van der Waals surface area contributed by atoms with Gasteiger partial charge in [0.05, 0.1) is 6.54 Å². The molecule has 8 heteroatoms. The smallest absolute Gasteiger partial charge is 0.319 e. The lowest BCUT2D eigenvalue weighted by molar-refractivity contribution is 0.0637.